The number of benzene rings is 1. The topological polar surface area (TPSA) is 54.5 Å². The first-order chi connectivity index (χ1) is 8.29. The zero-order valence-corrected chi connectivity index (χ0v) is 12.7. The molecule has 18 heavy (non-hydrogen) atoms. The highest BCUT2D eigenvalue weighted by molar-refractivity contribution is 9.10. The molecule has 0 aromatic heterocycles. The van der Waals surface area contributed by atoms with Crippen molar-refractivity contribution in [2.75, 3.05) is 11.4 Å². The molecule has 7 heteroatoms. The SMILES string of the molecule is Cc1ccc(Br)c(N2CC(S(=O)(=O)Cl)CC2=O)c1. The summed E-state index contributed by atoms with van der Waals surface area (Å²) in [7, 11) is 1.61. The predicted octanol–water partition coefficient (Wildman–Crippen LogP) is 2.43. The molecule has 1 aromatic rings. The van der Waals surface area contributed by atoms with Gasteiger partial charge in [0.1, 0.15) is 5.25 Å². The molecule has 1 aliphatic heterocycles. The fourth-order valence-electron chi connectivity index (χ4n) is 1.93. The second-order valence-corrected chi connectivity index (χ2v) is 8.02. The molecule has 1 aliphatic rings. The van der Waals surface area contributed by atoms with Gasteiger partial charge in [-0.1, -0.05) is 6.07 Å². The van der Waals surface area contributed by atoms with Crippen molar-refractivity contribution in [1.29, 1.82) is 0 Å². The van der Waals surface area contributed by atoms with Gasteiger partial charge in [-0.15, -0.1) is 0 Å². The number of halogens is 2. The molecule has 1 fully saturated rings. The largest absolute Gasteiger partial charge is 0.310 e. The van der Waals surface area contributed by atoms with Crippen molar-refractivity contribution in [3.05, 3.63) is 28.2 Å². The van der Waals surface area contributed by atoms with E-state index in [9.17, 15) is 13.2 Å². The molecule has 1 amide bonds. The molecule has 0 spiro atoms. The minimum atomic E-state index is -3.70. The van der Waals surface area contributed by atoms with Gasteiger partial charge < -0.3 is 4.90 Å². The van der Waals surface area contributed by atoms with E-state index in [0.29, 0.717) is 5.69 Å². The third-order valence-corrected chi connectivity index (χ3v) is 5.42. The van der Waals surface area contributed by atoms with Crippen molar-refractivity contribution in [3.63, 3.8) is 0 Å². The molecule has 1 saturated heterocycles. The van der Waals surface area contributed by atoms with Gasteiger partial charge in [0.2, 0.25) is 15.0 Å². The molecule has 0 bridgehead atoms. The van der Waals surface area contributed by atoms with E-state index in [1.165, 1.54) is 4.90 Å². The number of aryl methyl sites for hydroxylation is 1. The van der Waals surface area contributed by atoms with Crippen LogP contribution in [0.4, 0.5) is 5.69 Å². The number of carbonyl (C=O) groups excluding carboxylic acids is 1. The smallest absolute Gasteiger partial charge is 0.237 e. The first-order valence-electron chi connectivity index (χ1n) is 5.29. The maximum absolute atomic E-state index is 11.9. The molecule has 1 heterocycles. The van der Waals surface area contributed by atoms with E-state index in [1.807, 2.05) is 25.1 Å². The number of amides is 1. The lowest BCUT2D eigenvalue weighted by Crippen LogP contribution is -2.27. The summed E-state index contributed by atoms with van der Waals surface area (Å²) >= 11 is 3.36. The third kappa shape index (κ3) is 2.70. The summed E-state index contributed by atoms with van der Waals surface area (Å²) in [6.07, 6.45) is -0.0633. The van der Waals surface area contributed by atoms with E-state index < -0.39 is 14.3 Å². The van der Waals surface area contributed by atoms with Crippen LogP contribution < -0.4 is 4.90 Å². The maximum Gasteiger partial charge on any atom is 0.237 e. The lowest BCUT2D eigenvalue weighted by atomic mass is 10.2. The van der Waals surface area contributed by atoms with Crippen LogP contribution in [0.2, 0.25) is 0 Å². The van der Waals surface area contributed by atoms with Crippen LogP contribution in [-0.4, -0.2) is 26.1 Å². The molecular formula is C11H11BrClNO3S. The zero-order chi connectivity index (χ0) is 13.5. The summed E-state index contributed by atoms with van der Waals surface area (Å²) in [6.45, 7) is 2.01. The van der Waals surface area contributed by atoms with Gasteiger partial charge in [0, 0.05) is 28.1 Å². The highest BCUT2D eigenvalue weighted by Gasteiger charge is 2.38. The van der Waals surface area contributed by atoms with Crippen LogP contribution in [-0.2, 0) is 13.8 Å². The van der Waals surface area contributed by atoms with Crippen molar-refractivity contribution >= 4 is 47.3 Å². The molecule has 2 rings (SSSR count). The zero-order valence-electron chi connectivity index (χ0n) is 9.56. The molecule has 4 nitrogen and oxygen atoms in total. The van der Waals surface area contributed by atoms with Crippen molar-refractivity contribution in [2.45, 2.75) is 18.6 Å². The molecule has 0 radical (unpaired) electrons. The third-order valence-electron chi connectivity index (χ3n) is 2.88. The first-order valence-corrected chi connectivity index (χ1v) is 8.45. The molecule has 1 aromatic carbocycles. The Balaban J connectivity index is 2.35. The van der Waals surface area contributed by atoms with Crippen molar-refractivity contribution in [3.8, 4) is 0 Å². The normalized spacial score (nSPS) is 20.5. The minimum absolute atomic E-state index is 0.0633. The van der Waals surface area contributed by atoms with Crippen LogP contribution in [0, 0.1) is 6.92 Å². The lowest BCUT2D eigenvalue weighted by Gasteiger charge is -2.18. The van der Waals surface area contributed by atoms with Crippen LogP contribution in [0.25, 0.3) is 0 Å². The maximum atomic E-state index is 11.9. The number of rotatable bonds is 2. The van der Waals surface area contributed by atoms with Crippen LogP contribution in [0.3, 0.4) is 0 Å². The van der Waals surface area contributed by atoms with Gasteiger partial charge in [-0.25, -0.2) is 8.42 Å². The highest BCUT2D eigenvalue weighted by Crippen LogP contribution is 2.32. The number of hydrogen-bond acceptors (Lipinski definition) is 3. The molecular weight excluding hydrogens is 342 g/mol. The van der Waals surface area contributed by atoms with E-state index in [-0.39, 0.29) is 18.9 Å². The van der Waals surface area contributed by atoms with Crippen molar-refractivity contribution in [1.82, 2.24) is 0 Å². The van der Waals surface area contributed by atoms with Crippen molar-refractivity contribution < 1.29 is 13.2 Å². The van der Waals surface area contributed by atoms with E-state index in [4.69, 9.17) is 10.7 Å². The summed E-state index contributed by atoms with van der Waals surface area (Å²) < 4.78 is 23.3. The molecule has 1 atom stereocenters. The Labute approximate surface area is 118 Å². The summed E-state index contributed by atoms with van der Waals surface area (Å²) in [6, 6.07) is 5.58. The number of carbonyl (C=O) groups is 1. The van der Waals surface area contributed by atoms with E-state index in [2.05, 4.69) is 15.9 Å². The standard InChI is InChI=1S/C11H11BrClNO3S/c1-7-2-3-9(12)10(4-7)14-6-8(5-11(14)15)18(13,16)17/h2-4,8H,5-6H2,1H3. The van der Waals surface area contributed by atoms with Gasteiger partial charge in [0.05, 0.1) is 5.69 Å². The lowest BCUT2D eigenvalue weighted by molar-refractivity contribution is -0.117. The van der Waals surface area contributed by atoms with Gasteiger partial charge in [0.25, 0.3) is 0 Å². The molecule has 98 valence electrons. The van der Waals surface area contributed by atoms with Gasteiger partial charge in [-0.2, -0.15) is 0 Å². The predicted molar refractivity (Wildman–Crippen MR) is 74.4 cm³/mol. The summed E-state index contributed by atoms with van der Waals surface area (Å²) in [5, 5.41) is -0.834. The van der Waals surface area contributed by atoms with Crippen LogP contribution in [0.15, 0.2) is 22.7 Å². The Bertz CT molecular complexity index is 602. The molecule has 0 saturated carbocycles. The van der Waals surface area contributed by atoms with E-state index >= 15 is 0 Å². The Hall–Kier alpha value is -0.590. The van der Waals surface area contributed by atoms with E-state index in [0.717, 1.165) is 10.0 Å². The van der Waals surface area contributed by atoms with Crippen LogP contribution >= 0.6 is 26.6 Å². The fourth-order valence-corrected chi connectivity index (χ4v) is 3.41. The minimum Gasteiger partial charge on any atom is -0.310 e. The fraction of sp³-hybridized carbons (Fsp3) is 0.364. The van der Waals surface area contributed by atoms with Crippen LogP contribution in [0.5, 0.6) is 0 Å². The van der Waals surface area contributed by atoms with Gasteiger partial charge >= 0.3 is 0 Å². The first kappa shape index (κ1) is 13.8. The summed E-state index contributed by atoms with van der Waals surface area (Å²) in [5.41, 5.74) is 1.68. The summed E-state index contributed by atoms with van der Waals surface area (Å²) in [4.78, 5) is 13.3. The van der Waals surface area contributed by atoms with Gasteiger partial charge in [0.15, 0.2) is 0 Å². The molecule has 1 unspecified atom stereocenters. The molecule has 0 aliphatic carbocycles. The number of anilines is 1. The number of nitrogens with zero attached hydrogens (tertiary/aromatic N) is 1. The van der Waals surface area contributed by atoms with Gasteiger partial charge in [-0.3, -0.25) is 4.79 Å². The summed E-state index contributed by atoms with van der Waals surface area (Å²) in [5.74, 6) is -0.226. The average molecular weight is 353 g/mol. The quantitative estimate of drug-likeness (QED) is 0.768. The van der Waals surface area contributed by atoms with Crippen molar-refractivity contribution in [2.24, 2.45) is 0 Å². The second-order valence-electron chi connectivity index (χ2n) is 4.26. The Kier molecular flexibility index (Phi) is 3.71. The van der Waals surface area contributed by atoms with Gasteiger partial charge in [-0.05, 0) is 40.5 Å². The average Bonchev–Trinajstić information content (AvgIpc) is 2.64. The number of hydrogen-bond donors (Lipinski definition) is 0. The monoisotopic (exact) mass is 351 g/mol. The highest BCUT2D eigenvalue weighted by atomic mass is 79.9. The second kappa shape index (κ2) is 4.83. The Morgan fingerprint density at radius 1 is 1.44 bits per heavy atom. The Morgan fingerprint density at radius 3 is 2.67 bits per heavy atom. The van der Waals surface area contributed by atoms with Crippen LogP contribution in [0.1, 0.15) is 12.0 Å². The Morgan fingerprint density at radius 2 is 2.11 bits per heavy atom. The molecule has 0 N–H and O–H groups in total. The van der Waals surface area contributed by atoms with E-state index in [1.54, 1.807) is 0 Å².